The number of ether oxygens (including phenoxy) is 1. The normalized spacial score (nSPS) is 16.9. The van der Waals surface area contributed by atoms with E-state index >= 15 is 0 Å². The molecule has 11 nitrogen and oxygen atoms in total. The largest absolute Gasteiger partial charge is 0.419 e. The van der Waals surface area contributed by atoms with Gasteiger partial charge in [0.2, 0.25) is 5.91 Å². The molecule has 0 radical (unpaired) electrons. The fourth-order valence-corrected chi connectivity index (χ4v) is 6.54. The van der Waals surface area contributed by atoms with Gasteiger partial charge in [0.25, 0.3) is 5.56 Å². The van der Waals surface area contributed by atoms with E-state index in [9.17, 15) is 18.8 Å². The zero-order valence-corrected chi connectivity index (χ0v) is 25.4. The van der Waals surface area contributed by atoms with Gasteiger partial charge < -0.3 is 19.5 Å². The molecular weight excluding hydrogens is 585 g/mol. The van der Waals surface area contributed by atoms with Crippen LogP contribution in [-0.4, -0.2) is 63.5 Å². The van der Waals surface area contributed by atoms with Crippen molar-refractivity contribution in [3.8, 4) is 16.5 Å². The molecule has 0 saturated carbocycles. The number of fused-ring (bicyclic) bond motifs is 1. The van der Waals surface area contributed by atoms with Crippen LogP contribution in [0.25, 0.3) is 11.4 Å². The van der Waals surface area contributed by atoms with Gasteiger partial charge in [0, 0.05) is 43.9 Å². The van der Waals surface area contributed by atoms with Crippen LogP contribution in [0.1, 0.15) is 34.9 Å². The number of hydrogen-bond donors (Lipinski definition) is 2. The second kappa shape index (κ2) is 12.2. The first-order valence-corrected chi connectivity index (χ1v) is 15.1. The van der Waals surface area contributed by atoms with E-state index in [1.165, 1.54) is 44.7 Å². The highest BCUT2D eigenvalue weighted by Gasteiger charge is 2.32. The predicted octanol–water partition coefficient (Wildman–Crippen LogP) is 4.72. The van der Waals surface area contributed by atoms with E-state index < -0.39 is 11.9 Å². The molecule has 0 bridgehead atoms. The minimum Gasteiger partial charge on any atom is -0.399 e. The van der Waals surface area contributed by atoms with E-state index in [0.29, 0.717) is 17.3 Å². The van der Waals surface area contributed by atoms with Gasteiger partial charge in [-0.3, -0.25) is 19.8 Å². The predicted molar refractivity (Wildman–Crippen MR) is 166 cm³/mol. The first-order chi connectivity index (χ1) is 21.2. The van der Waals surface area contributed by atoms with Crippen molar-refractivity contribution in [2.75, 3.05) is 37.8 Å². The molecule has 1 unspecified atom stereocenters. The third-order valence-corrected chi connectivity index (χ3v) is 9.01. The number of hydrogen-bond acceptors (Lipinski definition) is 9. The van der Waals surface area contributed by atoms with Gasteiger partial charge in [-0.15, -0.1) is 11.3 Å². The standard InChI is InChI=1S/C31H32FN7O4S/c1-37-14-15-38(2)29(40)26(37)18-8-10-20(11-9-18)33-28-30(41)39(3)17-23(35-28)22-13-12-21(32)27(34-22)36-31(42)43-25-16-19-6-4-5-7-24(19)44-25/h8-13,16-17,26H,4-7,14-15H2,1-3H3,(H,33,35)(H,34,36,42). The molecule has 1 aliphatic carbocycles. The number of nitrogens with one attached hydrogen (secondary N) is 2. The number of carbonyl (C=O) groups is 2. The van der Waals surface area contributed by atoms with Gasteiger partial charge in [-0.05, 0) is 74.2 Å². The molecule has 2 amide bonds. The number of anilines is 3. The number of benzene rings is 1. The highest BCUT2D eigenvalue weighted by atomic mass is 32.1. The molecule has 1 atom stereocenters. The molecule has 44 heavy (non-hydrogen) atoms. The summed E-state index contributed by atoms with van der Waals surface area (Å²) in [4.78, 5) is 51.9. The lowest BCUT2D eigenvalue weighted by molar-refractivity contribution is -0.139. The summed E-state index contributed by atoms with van der Waals surface area (Å²) in [6, 6.07) is 11.3. The minimum absolute atomic E-state index is 0.0295. The summed E-state index contributed by atoms with van der Waals surface area (Å²) in [5, 5.41) is 5.89. The zero-order valence-electron chi connectivity index (χ0n) is 24.6. The highest BCUT2D eigenvalue weighted by Crippen LogP contribution is 2.35. The summed E-state index contributed by atoms with van der Waals surface area (Å²) in [6.07, 6.45) is 4.78. The Morgan fingerprint density at radius 3 is 2.50 bits per heavy atom. The molecule has 1 aromatic carbocycles. The Bertz CT molecular complexity index is 1770. The quantitative estimate of drug-likeness (QED) is 0.319. The molecule has 0 spiro atoms. The maximum Gasteiger partial charge on any atom is 0.419 e. The smallest absolute Gasteiger partial charge is 0.399 e. The van der Waals surface area contributed by atoms with Crippen LogP contribution in [0, 0.1) is 5.82 Å². The van der Waals surface area contributed by atoms with Crippen molar-refractivity contribution in [3.05, 3.63) is 80.8 Å². The average Bonchev–Trinajstić information content (AvgIpc) is 3.41. The van der Waals surface area contributed by atoms with Gasteiger partial charge in [-0.25, -0.2) is 19.2 Å². The maximum atomic E-state index is 14.7. The summed E-state index contributed by atoms with van der Waals surface area (Å²) in [5.41, 5.74) is 2.77. The van der Waals surface area contributed by atoms with E-state index in [1.54, 1.807) is 31.1 Å². The minimum atomic E-state index is -0.848. The number of likely N-dealkylation sites (N-methyl/N-ethyl adjacent to an activating group) is 2. The average molecular weight is 618 g/mol. The van der Waals surface area contributed by atoms with Crippen molar-refractivity contribution in [2.24, 2.45) is 7.05 Å². The molecule has 1 aliphatic heterocycles. The van der Waals surface area contributed by atoms with Crippen LogP contribution in [0.4, 0.5) is 26.5 Å². The highest BCUT2D eigenvalue weighted by molar-refractivity contribution is 7.14. The van der Waals surface area contributed by atoms with E-state index in [2.05, 4.69) is 20.6 Å². The van der Waals surface area contributed by atoms with E-state index in [0.717, 1.165) is 37.8 Å². The zero-order chi connectivity index (χ0) is 31.0. The van der Waals surface area contributed by atoms with Crippen LogP contribution in [-0.2, 0) is 24.7 Å². The second-order valence-corrected chi connectivity index (χ2v) is 12.1. The number of rotatable bonds is 6. The first kappa shape index (κ1) is 29.5. The Morgan fingerprint density at radius 2 is 1.73 bits per heavy atom. The molecular formula is C31H32FN7O4S. The number of piperazine rings is 1. The molecule has 1 saturated heterocycles. The van der Waals surface area contributed by atoms with Crippen LogP contribution in [0.15, 0.2) is 53.5 Å². The second-order valence-electron chi connectivity index (χ2n) is 11.0. The van der Waals surface area contributed by atoms with Crippen molar-refractivity contribution in [3.63, 3.8) is 0 Å². The van der Waals surface area contributed by atoms with Gasteiger partial charge >= 0.3 is 6.09 Å². The maximum absolute atomic E-state index is 14.7. The fourth-order valence-electron chi connectivity index (χ4n) is 5.44. The van der Waals surface area contributed by atoms with Crippen molar-refractivity contribution in [2.45, 2.75) is 31.7 Å². The van der Waals surface area contributed by atoms with Crippen LogP contribution in [0.2, 0.25) is 0 Å². The van der Waals surface area contributed by atoms with Crippen LogP contribution < -0.4 is 20.9 Å². The summed E-state index contributed by atoms with van der Waals surface area (Å²) < 4.78 is 21.4. The van der Waals surface area contributed by atoms with Crippen LogP contribution in [0.5, 0.6) is 5.06 Å². The Balaban J connectivity index is 1.19. The molecule has 2 aliphatic rings. The number of pyridine rings is 1. The Morgan fingerprint density at radius 1 is 0.977 bits per heavy atom. The lowest BCUT2D eigenvalue weighted by Gasteiger charge is -2.37. The van der Waals surface area contributed by atoms with Crippen molar-refractivity contribution in [1.29, 1.82) is 0 Å². The summed E-state index contributed by atoms with van der Waals surface area (Å²) in [5.74, 6) is -0.998. The molecule has 228 valence electrons. The third-order valence-electron chi connectivity index (χ3n) is 7.90. The number of halogens is 1. The topological polar surface area (TPSA) is 122 Å². The SMILES string of the molecule is CN1CCN(C)C(c2ccc(Nc3nc(-c4ccc(F)c(NC(=O)Oc5cc6c(s5)CCCC6)n4)cn(C)c3=O)cc2)C1=O. The van der Waals surface area contributed by atoms with E-state index in [1.807, 2.05) is 30.1 Å². The van der Waals surface area contributed by atoms with Crippen LogP contribution in [0.3, 0.4) is 0 Å². The lowest BCUT2D eigenvalue weighted by Crippen LogP contribution is -2.48. The monoisotopic (exact) mass is 617 g/mol. The van der Waals surface area contributed by atoms with Crippen LogP contribution >= 0.6 is 11.3 Å². The Hall–Kier alpha value is -4.62. The van der Waals surface area contributed by atoms with E-state index in [-0.39, 0.29) is 40.5 Å². The molecule has 6 rings (SSSR count). The summed E-state index contributed by atoms with van der Waals surface area (Å²) in [6.45, 7) is 1.45. The van der Waals surface area contributed by atoms with Gasteiger partial charge in [-0.1, -0.05) is 12.1 Å². The van der Waals surface area contributed by atoms with Crippen molar-refractivity contribution >= 4 is 40.7 Å². The van der Waals surface area contributed by atoms with Gasteiger partial charge in [0.05, 0.1) is 5.69 Å². The van der Waals surface area contributed by atoms with Crippen molar-refractivity contribution < 1.29 is 18.7 Å². The third kappa shape index (κ3) is 6.06. The summed E-state index contributed by atoms with van der Waals surface area (Å²) in [7, 11) is 5.29. The number of aryl methyl sites for hydroxylation is 3. The Labute approximate surface area is 257 Å². The molecule has 3 aromatic heterocycles. The number of thiophene rings is 1. The lowest BCUT2D eigenvalue weighted by atomic mass is 10.00. The van der Waals surface area contributed by atoms with Gasteiger partial charge in [0.1, 0.15) is 11.7 Å². The summed E-state index contributed by atoms with van der Waals surface area (Å²) >= 11 is 1.43. The fraction of sp³-hybridized carbons (Fsp3) is 0.323. The van der Waals surface area contributed by atoms with Gasteiger partial charge in [0.15, 0.2) is 22.5 Å². The number of amides is 2. The van der Waals surface area contributed by atoms with E-state index in [4.69, 9.17) is 4.74 Å². The molecule has 4 aromatic rings. The molecule has 13 heteroatoms. The molecule has 2 N–H and O–H groups in total. The first-order valence-electron chi connectivity index (χ1n) is 14.3. The Kier molecular flexibility index (Phi) is 8.15. The molecule has 4 heterocycles. The number of carbonyl (C=O) groups excluding carboxylic acids is 2. The van der Waals surface area contributed by atoms with Crippen molar-refractivity contribution in [1.82, 2.24) is 24.3 Å². The number of aromatic nitrogens is 3. The molecule has 1 fully saturated rings. The van der Waals surface area contributed by atoms with Gasteiger partial charge in [-0.2, -0.15) is 0 Å². The number of nitrogens with zero attached hydrogens (tertiary/aromatic N) is 5.